The first kappa shape index (κ1) is 11.4. The number of benzene rings is 1. The van der Waals surface area contributed by atoms with Crippen molar-refractivity contribution in [2.75, 3.05) is 6.54 Å². The Labute approximate surface area is 82.7 Å². The maximum Gasteiger partial charge on any atom is 0.294 e. The molecule has 0 saturated heterocycles. The molecule has 0 heterocycles. The van der Waals surface area contributed by atoms with Gasteiger partial charge in [-0.05, 0) is 6.07 Å². The van der Waals surface area contributed by atoms with Crippen molar-refractivity contribution in [2.45, 2.75) is 5.92 Å². The second-order valence-corrected chi connectivity index (χ2v) is 2.80. The van der Waals surface area contributed by atoms with Crippen molar-refractivity contribution in [3.8, 4) is 0 Å². The van der Waals surface area contributed by atoms with Crippen LogP contribution in [0.2, 0.25) is 0 Å². The van der Waals surface area contributed by atoms with Gasteiger partial charge in [0, 0.05) is 6.07 Å². The Kier molecular flexibility index (Phi) is 2.94. The first-order valence-corrected chi connectivity index (χ1v) is 3.91. The highest BCUT2D eigenvalue weighted by Gasteiger charge is 2.39. The van der Waals surface area contributed by atoms with Crippen molar-refractivity contribution in [1.29, 1.82) is 0 Å². The molecule has 0 aliphatic carbocycles. The summed E-state index contributed by atoms with van der Waals surface area (Å²) in [6, 6.07) is 2.53. The first-order chi connectivity index (χ1) is 6.90. The van der Waals surface area contributed by atoms with E-state index >= 15 is 0 Å². The molecule has 15 heavy (non-hydrogen) atoms. The largest absolute Gasteiger partial charge is 0.325 e. The standard InChI is InChI=1S/C8H7F3N2O2/c9-5-2-1-3-6(13(14)15)7(5)8(10,11)4-12/h1-3H,4,12H2. The highest BCUT2D eigenvalue weighted by Crippen LogP contribution is 2.35. The summed E-state index contributed by atoms with van der Waals surface area (Å²) in [4.78, 5) is 9.33. The topological polar surface area (TPSA) is 69.2 Å². The number of halogens is 3. The Morgan fingerprint density at radius 1 is 1.47 bits per heavy atom. The summed E-state index contributed by atoms with van der Waals surface area (Å²) in [5.74, 6) is -5.08. The lowest BCUT2D eigenvalue weighted by molar-refractivity contribution is -0.387. The van der Waals surface area contributed by atoms with E-state index in [1.54, 1.807) is 0 Å². The molecule has 4 nitrogen and oxygen atoms in total. The Hall–Kier alpha value is -1.63. The number of hydrogen-bond donors (Lipinski definition) is 1. The van der Waals surface area contributed by atoms with Gasteiger partial charge in [-0.1, -0.05) is 6.07 Å². The second-order valence-electron chi connectivity index (χ2n) is 2.80. The summed E-state index contributed by atoms with van der Waals surface area (Å²) in [6.45, 7) is -1.19. The minimum Gasteiger partial charge on any atom is -0.325 e. The van der Waals surface area contributed by atoms with Crippen molar-refractivity contribution in [3.63, 3.8) is 0 Å². The molecule has 0 aliphatic rings. The van der Waals surface area contributed by atoms with Gasteiger partial charge in [-0.2, -0.15) is 8.78 Å². The maximum absolute atomic E-state index is 13.1. The van der Waals surface area contributed by atoms with Crippen LogP contribution in [0.4, 0.5) is 18.9 Å². The lowest BCUT2D eigenvalue weighted by Crippen LogP contribution is -2.27. The highest BCUT2D eigenvalue weighted by atomic mass is 19.3. The van der Waals surface area contributed by atoms with Crippen LogP contribution in [0.5, 0.6) is 0 Å². The number of rotatable bonds is 3. The zero-order valence-electron chi connectivity index (χ0n) is 7.41. The Morgan fingerprint density at radius 2 is 2.07 bits per heavy atom. The molecule has 0 saturated carbocycles. The molecule has 0 bridgehead atoms. The molecule has 0 amide bonds. The summed E-state index contributed by atoms with van der Waals surface area (Å²) in [5, 5.41) is 10.4. The molecular formula is C8H7F3N2O2. The van der Waals surface area contributed by atoms with Crippen molar-refractivity contribution < 1.29 is 18.1 Å². The van der Waals surface area contributed by atoms with Gasteiger partial charge in [-0.3, -0.25) is 10.1 Å². The van der Waals surface area contributed by atoms with Crippen LogP contribution in [0.1, 0.15) is 5.56 Å². The van der Waals surface area contributed by atoms with Crippen LogP contribution in [0.3, 0.4) is 0 Å². The van der Waals surface area contributed by atoms with E-state index in [-0.39, 0.29) is 0 Å². The Balaban J connectivity index is 3.44. The van der Waals surface area contributed by atoms with Gasteiger partial charge >= 0.3 is 0 Å². The van der Waals surface area contributed by atoms with Gasteiger partial charge in [0.1, 0.15) is 11.4 Å². The van der Waals surface area contributed by atoms with Gasteiger partial charge in [-0.15, -0.1) is 0 Å². The summed E-state index contributed by atoms with van der Waals surface area (Å²) >= 11 is 0. The van der Waals surface area contributed by atoms with E-state index in [2.05, 4.69) is 0 Å². The fourth-order valence-electron chi connectivity index (χ4n) is 1.13. The molecule has 0 aromatic heterocycles. The predicted octanol–water partition coefficient (Wildman–Crippen LogP) is 1.78. The van der Waals surface area contributed by atoms with Gasteiger partial charge in [0.05, 0.1) is 11.5 Å². The number of nitrogens with two attached hydrogens (primary N) is 1. The lowest BCUT2D eigenvalue weighted by Gasteiger charge is -2.14. The third kappa shape index (κ3) is 2.07. The van der Waals surface area contributed by atoms with E-state index in [0.717, 1.165) is 18.2 Å². The monoisotopic (exact) mass is 220 g/mol. The van der Waals surface area contributed by atoms with Crippen molar-refractivity contribution in [2.24, 2.45) is 5.73 Å². The van der Waals surface area contributed by atoms with Crippen LogP contribution in [0.25, 0.3) is 0 Å². The average Bonchev–Trinajstić information content (AvgIpc) is 2.17. The van der Waals surface area contributed by atoms with Crippen LogP contribution >= 0.6 is 0 Å². The number of nitro groups is 1. The second kappa shape index (κ2) is 3.85. The summed E-state index contributed by atoms with van der Waals surface area (Å²) in [7, 11) is 0. The number of alkyl halides is 2. The fourth-order valence-corrected chi connectivity index (χ4v) is 1.13. The van der Waals surface area contributed by atoms with Crippen molar-refractivity contribution in [3.05, 3.63) is 39.7 Å². The van der Waals surface area contributed by atoms with Gasteiger partial charge in [0.25, 0.3) is 11.6 Å². The third-order valence-corrected chi connectivity index (χ3v) is 1.81. The fraction of sp³-hybridized carbons (Fsp3) is 0.250. The summed E-state index contributed by atoms with van der Waals surface area (Å²) in [6.07, 6.45) is 0. The smallest absolute Gasteiger partial charge is 0.294 e. The third-order valence-electron chi connectivity index (χ3n) is 1.81. The molecular weight excluding hydrogens is 213 g/mol. The number of hydrogen-bond acceptors (Lipinski definition) is 3. The van der Waals surface area contributed by atoms with Crippen LogP contribution in [0.15, 0.2) is 18.2 Å². The Bertz CT molecular complexity index is 395. The molecule has 0 fully saturated rings. The molecule has 0 spiro atoms. The predicted molar refractivity (Wildman–Crippen MR) is 46.0 cm³/mol. The van der Waals surface area contributed by atoms with Gasteiger partial charge in [0.15, 0.2) is 0 Å². The molecule has 1 rings (SSSR count). The summed E-state index contributed by atoms with van der Waals surface area (Å²) in [5.41, 5.74) is 2.50. The normalized spacial score (nSPS) is 11.5. The lowest BCUT2D eigenvalue weighted by atomic mass is 10.1. The Morgan fingerprint density at radius 3 is 2.53 bits per heavy atom. The zero-order valence-corrected chi connectivity index (χ0v) is 7.41. The van der Waals surface area contributed by atoms with E-state index in [1.807, 2.05) is 0 Å². The van der Waals surface area contributed by atoms with E-state index < -0.39 is 34.5 Å². The van der Waals surface area contributed by atoms with Gasteiger partial charge in [0.2, 0.25) is 0 Å². The zero-order chi connectivity index (χ0) is 11.6. The molecule has 1 aromatic carbocycles. The van der Waals surface area contributed by atoms with Crippen LogP contribution < -0.4 is 5.73 Å². The van der Waals surface area contributed by atoms with Gasteiger partial charge in [-0.25, -0.2) is 4.39 Å². The van der Waals surface area contributed by atoms with E-state index in [1.165, 1.54) is 0 Å². The molecule has 0 radical (unpaired) electrons. The molecule has 0 aliphatic heterocycles. The number of nitro benzene ring substituents is 1. The SMILES string of the molecule is NCC(F)(F)c1c(F)cccc1[N+](=O)[O-]. The minimum atomic E-state index is -3.74. The molecule has 0 atom stereocenters. The quantitative estimate of drug-likeness (QED) is 0.623. The molecule has 82 valence electrons. The van der Waals surface area contributed by atoms with Crippen LogP contribution in [-0.4, -0.2) is 11.5 Å². The van der Waals surface area contributed by atoms with Crippen LogP contribution in [-0.2, 0) is 5.92 Å². The first-order valence-electron chi connectivity index (χ1n) is 3.91. The van der Waals surface area contributed by atoms with E-state index in [9.17, 15) is 23.3 Å². The molecule has 2 N–H and O–H groups in total. The van der Waals surface area contributed by atoms with Crippen molar-refractivity contribution in [1.82, 2.24) is 0 Å². The van der Waals surface area contributed by atoms with E-state index in [4.69, 9.17) is 5.73 Å². The molecule has 1 aromatic rings. The van der Waals surface area contributed by atoms with Crippen molar-refractivity contribution >= 4 is 5.69 Å². The minimum absolute atomic E-state index is 0.728. The molecule has 0 unspecified atom stereocenters. The highest BCUT2D eigenvalue weighted by molar-refractivity contribution is 5.44. The van der Waals surface area contributed by atoms with E-state index in [0.29, 0.717) is 0 Å². The van der Waals surface area contributed by atoms with Gasteiger partial charge < -0.3 is 5.73 Å². The average molecular weight is 220 g/mol. The molecule has 7 heteroatoms. The maximum atomic E-state index is 13.1. The number of nitrogens with zero attached hydrogens (tertiary/aromatic N) is 1. The summed E-state index contributed by atoms with van der Waals surface area (Å²) < 4.78 is 39.2. The van der Waals surface area contributed by atoms with Crippen LogP contribution in [0, 0.1) is 15.9 Å².